The van der Waals surface area contributed by atoms with Crippen molar-refractivity contribution in [1.29, 1.82) is 0 Å². The van der Waals surface area contributed by atoms with Gasteiger partial charge in [0.25, 0.3) is 0 Å². The molecular formula is C16H23NO2. The maximum atomic E-state index is 10.5. The van der Waals surface area contributed by atoms with Crippen LogP contribution in [-0.2, 0) is 11.2 Å². The Morgan fingerprint density at radius 3 is 3.21 bits per heavy atom. The van der Waals surface area contributed by atoms with E-state index in [-0.39, 0.29) is 6.10 Å². The number of hydrogen-bond donors (Lipinski definition) is 1. The molecule has 3 unspecified atom stereocenters. The van der Waals surface area contributed by atoms with Gasteiger partial charge in [0, 0.05) is 12.6 Å². The average Bonchev–Trinajstić information content (AvgIpc) is 2.94. The second kappa shape index (κ2) is 5.61. The number of rotatable bonds is 3. The van der Waals surface area contributed by atoms with Gasteiger partial charge >= 0.3 is 0 Å². The van der Waals surface area contributed by atoms with Gasteiger partial charge in [0.05, 0.1) is 6.61 Å². The van der Waals surface area contributed by atoms with E-state index >= 15 is 0 Å². The summed E-state index contributed by atoms with van der Waals surface area (Å²) < 4.78 is 5.89. The first-order valence-corrected chi connectivity index (χ1v) is 7.40. The molecule has 2 saturated heterocycles. The van der Waals surface area contributed by atoms with Gasteiger partial charge in [0.1, 0.15) is 12.2 Å². The molecule has 0 saturated carbocycles. The van der Waals surface area contributed by atoms with Crippen LogP contribution in [0.5, 0.6) is 0 Å². The highest BCUT2D eigenvalue weighted by Crippen LogP contribution is 2.29. The minimum atomic E-state index is -0.506. The average molecular weight is 261 g/mol. The molecule has 0 spiro atoms. The molecule has 3 rings (SSSR count). The summed E-state index contributed by atoms with van der Waals surface area (Å²) in [4.78, 5) is 2.47. The Bertz CT molecular complexity index is 435. The molecule has 1 N–H and O–H groups in total. The van der Waals surface area contributed by atoms with Crippen molar-refractivity contribution in [3.05, 3.63) is 35.4 Å². The zero-order valence-corrected chi connectivity index (χ0v) is 11.6. The van der Waals surface area contributed by atoms with Crippen LogP contribution in [0.15, 0.2) is 24.3 Å². The van der Waals surface area contributed by atoms with Gasteiger partial charge in [-0.1, -0.05) is 31.2 Å². The van der Waals surface area contributed by atoms with E-state index in [0.29, 0.717) is 6.04 Å². The van der Waals surface area contributed by atoms with E-state index in [1.165, 1.54) is 18.4 Å². The van der Waals surface area contributed by atoms with E-state index < -0.39 is 6.10 Å². The molecule has 2 heterocycles. The van der Waals surface area contributed by atoms with Gasteiger partial charge < -0.3 is 9.84 Å². The first-order valence-electron chi connectivity index (χ1n) is 7.40. The van der Waals surface area contributed by atoms with Crippen LogP contribution in [0.3, 0.4) is 0 Å². The van der Waals surface area contributed by atoms with Crippen molar-refractivity contribution in [3.8, 4) is 0 Å². The maximum Gasteiger partial charge on any atom is 0.106 e. The zero-order valence-electron chi connectivity index (χ0n) is 11.6. The van der Waals surface area contributed by atoms with Crippen LogP contribution in [0.4, 0.5) is 0 Å². The van der Waals surface area contributed by atoms with Gasteiger partial charge in [-0.25, -0.2) is 0 Å². The number of nitrogens with zero attached hydrogens (tertiary/aromatic N) is 1. The van der Waals surface area contributed by atoms with Crippen molar-refractivity contribution in [2.75, 3.05) is 19.7 Å². The van der Waals surface area contributed by atoms with Crippen LogP contribution in [0.25, 0.3) is 0 Å². The lowest BCUT2D eigenvalue weighted by Gasteiger charge is -2.37. The van der Waals surface area contributed by atoms with Crippen LogP contribution in [0.1, 0.15) is 37.0 Å². The first kappa shape index (κ1) is 13.1. The lowest BCUT2D eigenvalue weighted by Crippen LogP contribution is -2.48. The van der Waals surface area contributed by atoms with E-state index in [9.17, 15) is 5.11 Å². The predicted molar refractivity (Wildman–Crippen MR) is 75.1 cm³/mol. The van der Waals surface area contributed by atoms with E-state index in [1.54, 1.807) is 0 Å². The van der Waals surface area contributed by atoms with Gasteiger partial charge in [-0.3, -0.25) is 4.90 Å². The number of fused-ring (bicyclic) bond motifs is 1. The molecule has 1 aromatic carbocycles. The third-order valence-corrected chi connectivity index (χ3v) is 4.47. The molecular weight excluding hydrogens is 238 g/mol. The minimum absolute atomic E-state index is 0.0820. The van der Waals surface area contributed by atoms with Crippen molar-refractivity contribution < 1.29 is 9.84 Å². The number of ether oxygens (including phenoxy) is 1. The molecule has 0 bridgehead atoms. The van der Waals surface area contributed by atoms with E-state index in [4.69, 9.17) is 4.74 Å². The third kappa shape index (κ3) is 2.69. The van der Waals surface area contributed by atoms with Gasteiger partial charge in [-0.2, -0.15) is 0 Å². The molecule has 0 radical (unpaired) electrons. The Balaban J connectivity index is 1.70. The normalized spacial score (nSPS) is 29.2. The van der Waals surface area contributed by atoms with E-state index in [0.717, 1.165) is 31.7 Å². The van der Waals surface area contributed by atoms with Crippen molar-refractivity contribution in [2.24, 2.45) is 0 Å². The van der Waals surface area contributed by atoms with Crippen molar-refractivity contribution in [1.82, 2.24) is 4.90 Å². The Kier molecular flexibility index (Phi) is 3.87. The van der Waals surface area contributed by atoms with Crippen molar-refractivity contribution in [3.63, 3.8) is 0 Å². The Morgan fingerprint density at radius 1 is 1.47 bits per heavy atom. The van der Waals surface area contributed by atoms with Gasteiger partial charge in [0.2, 0.25) is 0 Å². The summed E-state index contributed by atoms with van der Waals surface area (Å²) in [5, 5.41) is 10.5. The lowest BCUT2D eigenvalue weighted by atomic mass is 9.99. The first-order chi connectivity index (χ1) is 9.28. The molecule has 19 heavy (non-hydrogen) atoms. The quantitative estimate of drug-likeness (QED) is 0.905. The van der Waals surface area contributed by atoms with Crippen LogP contribution in [-0.4, -0.2) is 41.8 Å². The smallest absolute Gasteiger partial charge is 0.106 e. The number of aryl methyl sites for hydroxylation is 1. The van der Waals surface area contributed by atoms with Crippen LogP contribution < -0.4 is 0 Å². The summed E-state index contributed by atoms with van der Waals surface area (Å²) in [7, 11) is 0. The Hall–Kier alpha value is -0.900. The summed E-state index contributed by atoms with van der Waals surface area (Å²) in [5.41, 5.74) is 2.26. The number of aliphatic hydroxyl groups excluding tert-OH is 1. The molecule has 3 heteroatoms. The highest BCUT2D eigenvalue weighted by Gasteiger charge is 2.35. The van der Waals surface area contributed by atoms with E-state index in [2.05, 4.69) is 24.0 Å². The van der Waals surface area contributed by atoms with Crippen LogP contribution in [0, 0.1) is 0 Å². The summed E-state index contributed by atoms with van der Waals surface area (Å²) in [6.45, 7) is 4.93. The monoisotopic (exact) mass is 261 g/mol. The molecule has 0 aliphatic carbocycles. The molecule has 0 amide bonds. The van der Waals surface area contributed by atoms with Crippen LogP contribution in [0.2, 0.25) is 0 Å². The molecule has 2 aliphatic rings. The molecule has 0 aromatic heterocycles. The number of benzene rings is 1. The summed E-state index contributed by atoms with van der Waals surface area (Å²) >= 11 is 0. The van der Waals surface area contributed by atoms with Crippen molar-refractivity contribution >= 4 is 0 Å². The fourth-order valence-corrected chi connectivity index (χ4v) is 3.25. The SMILES string of the molecule is CCc1cccc(C(O)C2CN3CCCC3CO2)c1. The molecule has 1 aromatic rings. The third-order valence-electron chi connectivity index (χ3n) is 4.47. The summed E-state index contributed by atoms with van der Waals surface area (Å²) in [6.07, 6.45) is 2.92. The van der Waals surface area contributed by atoms with Crippen LogP contribution >= 0.6 is 0 Å². The molecule has 3 nitrogen and oxygen atoms in total. The molecule has 104 valence electrons. The van der Waals surface area contributed by atoms with Crippen molar-refractivity contribution in [2.45, 2.75) is 44.4 Å². The van der Waals surface area contributed by atoms with Gasteiger partial charge in [-0.05, 0) is 36.9 Å². The highest BCUT2D eigenvalue weighted by molar-refractivity contribution is 5.26. The fraction of sp³-hybridized carbons (Fsp3) is 0.625. The van der Waals surface area contributed by atoms with Gasteiger partial charge in [0.15, 0.2) is 0 Å². The molecule has 2 aliphatic heterocycles. The standard InChI is InChI=1S/C16H23NO2/c1-2-12-5-3-6-13(9-12)16(18)15-10-17-8-4-7-14(17)11-19-15/h3,5-6,9,14-16,18H,2,4,7-8,10-11H2,1H3. The topological polar surface area (TPSA) is 32.7 Å². The molecule has 3 atom stereocenters. The second-order valence-electron chi connectivity index (χ2n) is 5.71. The lowest BCUT2D eigenvalue weighted by molar-refractivity contribution is -0.103. The van der Waals surface area contributed by atoms with Gasteiger partial charge in [-0.15, -0.1) is 0 Å². The molecule has 2 fully saturated rings. The number of morpholine rings is 1. The largest absolute Gasteiger partial charge is 0.386 e. The maximum absolute atomic E-state index is 10.5. The predicted octanol–water partition coefficient (Wildman–Crippen LogP) is 2.15. The number of aliphatic hydroxyl groups is 1. The number of hydrogen-bond acceptors (Lipinski definition) is 3. The highest BCUT2D eigenvalue weighted by atomic mass is 16.5. The Morgan fingerprint density at radius 2 is 2.37 bits per heavy atom. The zero-order chi connectivity index (χ0) is 13.2. The fourth-order valence-electron chi connectivity index (χ4n) is 3.25. The second-order valence-corrected chi connectivity index (χ2v) is 5.71. The summed E-state index contributed by atoms with van der Waals surface area (Å²) in [6, 6.07) is 8.83. The Labute approximate surface area is 115 Å². The minimum Gasteiger partial charge on any atom is -0.386 e. The summed E-state index contributed by atoms with van der Waals surface area (Å²) in [5.74, 6) is 0. The van der Waals surface area contributed by atoms with E-state index in [1.807, 2.05) is 12.1 Å².